The maximum absolute atomic E-state index is 14.4. The minimum Gasteiger partial charge on any atom is -0.374 e. The molecule has 4 saturated carbocycles. The van der Waals surface area contributed by atoms with E-state index in [-0.39, 0.29) is 41.5 Å². The third-order valence-electron chi connectivity index (χ3n) is 13.3. The Kier molecular flexibility index (Phi) is 12.0. The number of fused-ring (bicyclic) bond motifs is 3. The average Bonchev–Trinajstić information content (AvgIpc) is 3.77. The van der Waals surface area contributed by atoms with E-state index in [1.54, 1.807) is 59.4 Å². The number of hydrogen-bond donors (Lipinski definition) is 3. The molecule has 10 nitrogen and oxygen atoms in total. The molecule has 4 fully saturated rings. The number of nitrogens with one attached hydrogen (secondary N) is 3. The SMILES string of the molecule is CCC(NC(=O)c1ccc(Cl)cc1)C1[C@H]2CC(Nc3c([N+](=O)[O-])ccc(F)c3F)C[C@@H]12.CCC(NC(=O)c1ccc(Cl)cc1)C1[C@H]2CC(n3cnc4ccc(F)c(F)c43)C[C@@H]12. The van der Waals surface area contributed by atoms with E-state index >= 15 is 0 Å². The average molecular weight is 880 g/mol. The summed E-state index contributed by atoms with van der Waals surface area (Å²) in [4.78, 5) is 39.9. The Morgan fingerprint density at radius 2 is 1.21 bits per heavy atom. The third kappa shape index (κ3) is 8.53. The Hall–Kier alpha value is -5.21. The van der Waals surface area contributed by atoms with Crippen LogP contribution >= 0.6 is 23.2 Å². The molecule has 4 aliphatic rings. The van der Waals surface area contributed by atoms with E-state index in [4.69, 9.17) is 23.2 Å². The predicted molar refractivity (Wildman–Crippen MR) is 225 cm³/mol. The molecule has 4 aromatic carbocycles. The first-order valence-corrected chi connectivity index (χ1v) is 21.4. The van der Waals surface area contributed by atoms with Crippen molar-refractivity contribution in [2.45, 2.75) is 76.5 Å². The van der Waals surface area contributed by atoms with Gasteiger partial charge in [-0.3, -0.25) is 19.7 Å². The summed E-state index contributed by atoms with van der Waals surface area (Å²) in [5.74, 6) is -1.88. The number of anilines is 1. The zero-order valence-electron chi connectivity index (χ0n) is 33.3. The van der Waals surface area contributed by atoms with E-state index in [0.717, 1.165) is 43.9 Å². The molecule has 9 rings (SSSR count). The number of nitrogens with zero attached hydrogens (tertiary/aromatic N) is 3. The zero-order valence-corrected chi connectivity index (χ0v) is 34.8. The Bertz CT molecular complexity index is 2450. The van der Waals surface area contributed by atoms with Gasteiger partial charge >= 0.3 is 0 Å². The van der Waals surface area contributed by atoms with Gasteiger partial charge in [-0.2, -0.15) is 0 Å². The van der Waals surface area contributed by atoms with Gasteiger partial charge in [0.25, 0.3) is 17.5 Å². The Balaban J connectivity index is 0.000000168. The fourth-order valence-electron chi connectivity index (χ4n) is 10.3. The molecule has 1 aromatic heterocycles. The number of carbonyl (C=O) groups excluding carboxylic acids is 2. The normalized spacial score (nSPS) is 25.4. The Morgan fingerprint density at radius 1 is 0.738 bits per heavy atom. The molecule has 3 N–H and O–H groups in total. The van der Waals surface area contributed by atoms with E-state index in [0.29, 0.717) is 75.0 Å². The van der Waals surface area contributed by atoms with Crippen LogP contribution in [0.4, 0.5) is 28.9 Å². The van der Waals surface area contributed by atoms with Crippen molar-refractivity contribution in [2.75, 3.05) is 5.32 Å². The summed E-state index contributed by atoms with van der Waals surface area (Å²) in [5, 5.41) is 21.5. The van der Waals surface area contributed by atoms with E-state index in [9.17, 15) is 37.3 Å². The van der Waals surface area contributed by atoms with E-state index in [2.05, 4.69) is 27.9 Å². The molecule has 6 unspecified atom stereocenters. The summed E-state index contributed by atoms with van der Waals surface area (Å²) in [6.45, 7) is 4.10. The van der Waals surface area contributed by atoms with Crippen molar-refractivity contribution in [1.29, 1.82) is 0 Å². The van der Waals surface area contributed by atoms with Gasteiger partial charge in [0.1, 0.15) is 5.52 Å². The molecule has 2 amide bonds. The lowest BCUT2D eigenvalue weighted by atomic mass is 9.98. The van der Waals surface area contributed by atoms with Crippen LogP contribution in [0.5, 0.6) is 0 Å². The topological polar surface area (TPSA) is 131 Å². The summed E-state index contributed by atoms with van der Waals surface area (Å²) in [6, 6.07) is 18.0. The number of aromatic nitrogens is 2. The molecule has 4 aliphatic carbocycles. The standard InChI is InChI=1S/C23H22ClF2N3O.C22H22ClF2N3O3/c1-2-18(28-23(30)12-3-5-13(24)6-4-12)20-15-9-14(10-16(15)20)29-11-27-19-8-7-17(25)21(26)22(19)29;1-2-17(27-22(29)11-3-5-12(23)6-4-11)19-14-9-13(10-15(14)19)26-21-18(28(30)31)8-7-16(24)20(21)25/h3-8,11,14-16,18,20H,2,9-10H2,1H3,(H,28,30);3-8,13-15,17,19,26H,2,9-10H2,1H3,(H,27,29)/t14?,15-,16+,18?,20?;13?,14-,15+,17?,19?. The van der Waals surface area contributed by atoms with Gasteiger partial charge in [0.2, 0.25) is 0 Å². The van der Waals surface area contributed by atoms with Crippen molar-refractivity contribution >= 4 is 57.4 Å². The Morgan fingerprint density at radius 3 is 1.70 bits per heavy atom. The smallest absolute Gasteiger partial charge is 0.295 e. The second kappa shape index (κ2) is 17.3. The van der Waals surface area contributed by atoms with Crippen LogP contribution in [0.1, 0.15) is 79.1 Å². The molecule has 16 heteroatoms. The van der Waals surface area contributed by atoms with Gasteiger partial charge in [-0.25, -0.2) is 22.5 Å². The van der Waals surface area contributed by atoms with Crippen LogP contribution in [0, 0.1) is 68.9 Å². The lowest BCUT2D eigenvalue weighted by Gasteiger charge is -2.23. The molecule has 0 bridgehead atoms. The van der Waals surface area contributed by atoms with E-state index in [1.807, 2.05) is 6.92 Å². The van der Waals surface area contributed by atoms with Crippen molar-refractivity contribution in [2.24, 2.45) is 35.5 Å². The van der Waals surface area contributed by atoms with Crippen LogP contribution in [0.25, 0.3) is 11.0 Å². The first kappa shape index (κ1) is 42.5. The van der Waals surface area contributed by atoms with Crippen molar-refractivity contribution in [3.8, 4) is 0 Å². The number of hydrogen-bond acceptors (Lipinski definition) is 6. The van der Waals surface area contributed by atoms with Gasteiger partial charge in [0.15, 0.2) is 29.0 Å². The molecule has 1 heterocycles. The molecule has 0 saturated heterocycles. The second-order valence-corrected chi connectivity index (χ2v) is 17.5. The molecular formula is C45H44Cl2F4N6O4. The largest absolute Gasteiger partial charge is 0.374 e. The minimum absolute atomic E-state index is 0.0133. The highest BCUT2D eigenvalue weighted by atomic mass is 35.5. The van der Waals surface area contributed by atoms with Crippen molar-refractivity contribution in [3.63, 3.8) is 0 Å². The highest BCUT2D eigenvalue weighted by Gasteiger charge is 2.60. The summed E-state index contributed by atoms with van der Waals surface area (Å²) >= 11 is 11.8. The predicted octanol–water partition coefficient (Wildman–Crippen LogP) is 10.5. The molecule has 320 valence electrons. The van der Waals surface area contributed by atoms with Crippen molar-refractivity contribution in [3.05, 3.63) is 134 Å². The highest BCUT2D eigenvalue weighted by Crippen LogP contribution is 2.63. The van der Waals surface area contributed by atoms with Crippen molar-refractivity contribution in [1.82, 2.24) is 20.2 Å². The van der Waals surface area contributed by atoms with Crippen LogP contribution < -0.4 is 16.0 Å². The van der Waals surface area contributed by atoms with Crippen LogP contribution in [-0.2, 0) is 0 Å². The van der Waals surface area contributed by atoms with Gasteiger partial charge in [0, 0.05) is 51.4 Å². The molecule has 10 atom stereocenters. The number of nitro benzene ring substituents is 1. The highest BCUT2D eigenvalue weighted by molar-refractivity contribution is 6.31. The number of imidazole rings is 1. The molecule has 5 aromatic rings. The summed E-state index contributed by atoms with van der Waals surface area (Å²) < 4.78 is 57.6. The second-order valence-electron chi connectivity index (χ2n) is 16.6. The number of nitro groups is 1. The lowest BCUT2D eigenvalue weighted by molar-refractivity contribution is -0.384. The summed E-state index contributed by atoms with van der Waals surface area (Å²) in [7, 11) is 0. The first-order chi connectivity index (χ1) is 29.3. The molecule has 0 radical (unpaired) electrons. The molecule has 61 heavy (non-hydrogen) atoms. The van der Waals surface area contributed by atoms with Crippen LogP contribution in [-0.4, -0.2) is 44.4 Å². The number of benzene rings is 4. The third-order valence-corrected chi connectivity index (χ3v) is 13.8. The van der Waals surface area contributed by atoms with Crippen molar-refractivity contribution < 1.29 is 32.1 Å². The quantitative estimate of drug-likeness (QED) is 0.0650. The number of carbonyl (C=O) groups is 2. The maximum atomic E-state index is 14.4. The summed E-state index contributed by atoms with van der Waals surface area (Å²) in [5.41, 5.74) is 1.01. The van der Waals surface area contributed by atoms with Gasteiger partial charge in [-0.15, -0.1) is 0 Å². The monoisotopic (exact) mass is 878 g/mol. The van der Waals surface area contributed by atoms with E-state index in [1.165, 1.54) is 6.07 Å². The number of halogens is 6. The fourth-order valence-corrected chi connectivity index (χ4v) is 10.6. The van der Waals surface area contributed by atoms with Crippen LogP contribution in [0.2, 0.25) is 10.0 Å². The van der Waals surface area contributed by atoms with Gasteiger partial charge in [-0.05, 0) is 141 Å². The van der Waals surface area contributed by atoms with Gasteiger partial charge in [0.05, 0.1) is 16.8 Å². The molecule has 0 spiro atoms. The lowest BCUT2D eigenvalue weighted by Crippen LogP contribution is -2.38. The van der Waals surface area contributed by atoms with E-state index < -0.39 is 39.6 Å². The number of rotatable bonds is 12. The van der Waals surface area contributed by atoms with Gasteiger partial charge in [-0.1, -0.05) is 37.0 Å². The van der Waals surface area contributed by atoms with Crippen LogP contribution in [0.3, 0.4) is 0 Å². The fraction of sp³-hybridized carbons (Fsp3) is 0.400. The minimum atomic E-state index is -1.23. The maximum Gasteiger partial charge on any atom is 0.295 e. The molecule has 0 aliphatic heterocycles. The Labute approximate surface area is 359 Å². The first-order valence-electron chi connectivity index (χ1n) is 20.6. The summed E-state index contributed by atoms with van der Waals surface area (Å²) in [6.07, 6.45) is 6.42. The zero-order chi connectivity index (χ0) is 43.3. The van der Waals surface area contributed by atoms with Crippen LogP contribution in [0.15, 0.2) is 79.1 Å². The number of amides is 2. The van der Waals surface area contributed by atoms with Gasteiger partial charge < -0.3 is 20.5 Å². The molecular weight excluding hydrogens is 835 g/mol.